The monoisotopic (exact) mass is 290 g/mol. The zero-order chi connectivity index (χ0) is 14.8. The lowest BCUT2D eigenvalue weighted by Gasteiger charge is -2.33. The molecule has 1 aromatic carbocycles. The average Bonchev–Trinajstić information content (AvgIpc) is 2.51. The molecule has 1 saturated carbocycles. The highest BCUT2D eigenvalue weighted by molar-refractivity contribution is 5.62. The molecule has 2 aliphatic rings. The van der Waals surface area contributed by atoms with Crippen molar-refractivity contribution in [2.45, 2.75) is 57.1 Å². The SMILES string of the molecule is Nc1c(O)ccc2c1CCC(NCC1CCCCC1)C2O. The summed E-state index contributed by atoms with van der Waals surface area (Å²) in [6.45, 7) is 1.00. The third-order valence-electron chi connectivity index (χ3n) is 5.17. The molecule has 5 N–H and O–H groups in total. The van der Waals surface area contributed by atoms with Crippen LogP contribution in [-0.4, -0.2) is 22.8 Å². The van der Waals surface area contributed by atoms with Gasteiger partial charge in [0.05, 0.1) is 11.8 Å². The van der Waals surface area contributed by atoms with Gasteiger partial charge in [0.1, 0.15) is 5.75 Å². The lowest BCUT2D eigenvalue weighted by molar-refractivity contribution is 0.111. The van der Waals surface area contributed by atoms with E-state index in [4.69, 9.17) is 5.73 Å². The van der Waals surface area contributed by atoms with Crippen LogP contribution in [0.25, 0.3) is 0 Å². The molecule has 0 heterocycles. The quantitative estimate of drug-likeness (QED) is 0.509. The van der Waals surface area contributed by atoms with Crippen LogP contribution in [0.15, 0.2) is 12.1 Å². The van der Waals surface area contributed by atoms with Gasteiger partial charge in [0.2, 0.25) is 0 Å². The number of fused-ring (bicyclic) bond motifs is 1. The van der Waals surface area contributed by atoms with Crippen molar-refractivity contribution in [3.05, 3.63) is 23.3 Å². The van der Waals surface area contributed by atoms with Gasteiger partial charge in [-0.3, -0.25) is 0 Å². The molecule has 4 heteroatoms. The number of aliphatic hydroxyl groups is 1. The van der Waals surface area contributed by atoms with Crippen LogP contribution in [0.4, 0.5) is 5.69 Å². The van der Waals surface area contributed by atoms with Crippen LogP contribution in [-0.2, 0) is 6.42 Å². The predicted molar refractivity (Wildman–Crippen MR) is 84.2 cm³/mol. The maximum Gasteiger partial charge on any atom is 0.138 e. The van der Waals surface area contributed by atoms with Gasteiger partial charge in [-0.15, -0.1) is 0 Å². The molecule has 2 aliphatic carbocycles. The second-order valence-electron chi connectivity index (χ2n) is 6.57. The molecule has 0 bridgehead atoms. The van der Waals surface area contributed by atoms with Crippen LogP contribution >= 0.6 is 0 Å². The van der Waals surface area contributed by atoms with Crippen molar-refractivity contribution in [3.63, 3.8) is 0 Å². The molecule has 2 atom stereocenters. The number of nitrogen functional groups attached to an aromatic ring is 1. The largest absolute Gasteiger partial charge is 0.506 e. The summed E-state index contributed by atoms with van der Waals surface area (Å²) in [6, 6.07) is 3.49. The van der Waals surface area contributed by atoms with Gasteiger partial charge in [0.15, 0.2) is 0 Å². The Kier molecular flexibility index (Phi) is 4.36. The van der Waals surface area contributed by atoms with E-state index in [1.54, 1.807) is 12.1 Å². The van der Waals surface area contributed by atoms with E-state index in [1.807, 2.05) is 0 Å². The van der Waals surface area contributed by atoms with Crippen molar-refractivity contribution in [1.82, 2.24) is 5.32 Å². The Labute approximate surface area is 126 Å². The number of hydrogen-bond acceptors (Lipinski definition) is 4. The standard InChI is InChI=1S/C17H26N2O2/c18-16-12-6-8-14(17(21)13(12)7-9-15(16)20)19-10-11-4-2-1-3-5-11/h7,9,11,14,17,19-21H,1-6,8,10,18H2. The number of phenolic OH excluding ortho intramolecular Hbond substituents is 1. The topological polar surface area (TPSA) is 78.5 Å². The molecule has 0 saturated heterocycles. The minimum absolute atomic E-state index is 0.100. The van der Waals surface area contributed by atoms with E-state index in [1.165, 1.54) is 32.1 Å². The number of rotatable bonds is 3. The maximum atomic E-state index is 10.6. The molecule has 2 unspecified atom stereocenters. The van der Waals surface area contributed by atoms with Gasteiger partial charge >= 0.3 is 0 Å². The first-order valence-electron chi connectivity index (χ1n) is 8.18. The number of nitrogens with one attached hydrogen (secondary N) is 1. The summed E-state index contributed by atoms with van der Waals surface area (Å²) in [4.78, 5) is 0. The molecule has 0 aromatic heterocycles. The summed E-state index contributed by atoms with van der Waals surface area (Å²) < 4.78 is 0. The second kappa shape index (κ2) is 6.24. The molecule has 0 amide bonds. The Bertz CT molecular complexity index is 498. The summed E-state index contributed by atoms with van der Waals surface area (Å²) in [6.07, 6.45) is 7.85. The Morgan fingerprint density at radius 3 is 2.67 bits per heavy atom. The van der Waals surface area contributed by atoms with E-state index in [0.29, 0.717) is 5.69 Å². The first kappa shape index (κ1) is 14.7. The van der Waals surface area contributed by atoms with Crippen LogP contribution < -0.4 is 11.1 Å². The molecule has 0 radical (unpaired) electrons. The van der Waals surface area contributed by atoms with Crippen molar-refractivity contribution in [3.8, 4) is 5.75 Å². The predicted octanol–water partition coefficient (Wildman–Crippen LogP) is 2.49. The molecular weight excluding hydrogens is 264 g/mol. The Morgan fingerprint density at radius 1 is 1.14 bits per heavy atom. The third-order valence-corrected chi connectivity index (χ3v) is 5.17. The van der Waals surface area contributed by atoms with Crippen LogP contribution in [0, 0.1) is 5.92 Å². The maximum absolute atomic E-state index is 10.6. The summed E-state index contributed by atoms with van der Waals surface area (Å²) in [7, 11) is 0. The molecule has 1 aromatic rings. The van der Waals surface area contributed by atoms with Crippen molar-refractivity contribution in [2.75, 3.05) is 12.3 Å². The zero-order valence-corrected chi connectivity index (χ0v) is 12.5. The van der Waals surface area contributed by atoms with Crippen molar-refractivity contribution in [2.24, 2.45) is 5.92 Å². The fraction of sp³-hybridized carbons (Fsp3) is 0.647. The van der Waals surface area contributed by atoms with Crippen LogP contribution in [0.5, 0.6) is 5.75 Å². The number of nitrogens with two attached hydrogens (primary N) is 1. The molecule has 0 spiro atoms. The van der Waals surface area contributed by atoms with E-state index in [2.05, 4.69) is 5.32 Å². The number of aromatic hydroxyl groups is 1. The zero-order valence-electron chi connectivity index (χ0n) is 12.5. The number of aliphatic hydroxyl groups excluding tert-OH is 1. The fourth-order valence-electron chi connectivity index (χ4n) is 3.82. The third kappa shape index (κ3) is 3.01. The van der Waals surface area contributed by atoms with Gasteiger partial charge in [-0.25, -0.2) is 0 Å². The van der Waals surface area contributed by atoms with E-state index < -0.39 is 6.10 Å². The van der Waals surface area contributed by atoms with Crippen LogP contribution in [0.1, 0.15) is 55.8 Å². The average molecular weight is 290 g/mol. The highest BCUT2D eigenvalue weighted by Gasteiger charge is 2.30. The molecule has 1 fully saturated rings. The summed E-state index contributed by atoms with van der Waals surface area (Å²) in [5.41, 5.74) is 8.14. The van der Waals surface area contributed by atoms with Crippen LogP contribution in [0.2, 0.25) is 0 Å². The Hall–Kier alpha value is -1.26. The lowest BCUT2D eigenvalue weighted by Crippen LogP contribution is -2.41. The molecule has 21 heavy (non-hydrogen) atoms. The lowest BCUT2D eigenvalue weighted by atomic mass is 9.83. The van der Waals surface area contributed by atoms with Crippen molar-refractivity contribution >= 4 is 5.69 Å². The van der Waals surface area contributed by atoms with Gasteiger partial charge in [0.25, 0.3) is 0 Å². The van der Waals surface area contributed by atoms with Gasteiger partial charge < -0.3 is 21.3 Å². The van der Waals surface area contributed by atoms with Gasteiger partial charge in [-0.05, 0) is 55.3 Å². The minimum Gasteiger partial charge on any atom is -0.506 e. The molecule has 116 valence electrons. The highest BCUT2D eigenvalue weighted by atomic mass is 16.3. The molecule has 3 rings (SSSR count). The van der Waals surface area contributed by atoms with Gasteiger partial charge in [-0.1, -0.05) is 25.3 Å². The Morgan fingerprint density at radius 2 is 1.90 bits per heavy atom. The first-order chi connectivity index (χ1) is 10.2. The van der Waals surface area contributed by atoms with Crippen LogP contribution in [0.3, 0.4) is 0 Å². The smallest absolute Gasteiger partial charge is 0.138 e. The van der Waals surface area contributed by atoms with E-state index >= 15 is 0 Å². The highest BCUT2D eigenvalue weighted by Crippen LogP contribution is 2.37. The van der Waals surface area contributed by atoms with E-state index in [0.717, 1.165) is 36.4 Å². The number of benzene rings is 1. The van der Waals surface area contributed by atoms with E-state index in [9.17, 15) is 10.2 Å². The number of hydrogen-bond donors (Lipinski definition) is 4. The molecule has 4 nitrogen and oxygen atoms in total. The summed E-state index contributed by atoms with van der Waals surface area (Å²) >= 11 is 0. The summed E-state index contributed by atoms with van der Waals surface area (Å²) in [5.74, 6) is 0.881. The number of phenols is 1. The summed E-state index contributed by atoms with van der Waals surface area (Å²) in [5, 5.41) is 23.8. The fourth-order valence-corrected chi connectivity index (χ4v) is 3.82. The van der Waals surface area contributed by atoms with Gasteiger partial charge in [0, 0.05) is 6.04 Å². The normalized spacial score (nSPS) is 26.5. The minimum atomic E-state index is -0.528. The molecule has 0 aliphatic heterocycles. The first-order valence-corrected chi connectivity index (χ1v) is 8.18. The Balaban J connectivity index is 1.65. The second-order valence-corrected chi connectivity index (χ2v) is 6.57. The van der Waals surface area contributed by atoms with E-state index in [-0.39, 0.29) is 11.8 Å². The van der Waals surface area contributed by atoms with Crippen molar-refractivity contribution in [1.29, 1.82) is 0 Å². The molecular formula is C17H26N2O2. The van der Waals surface area contributed by atoms with Gasteiger partial charge in [-0.2, -0.15) is 0 Å². The number of anilines is 1. The van der Waals surface area contributed by atoms with Crippen molar-refractivity contribution < 1.29 is 10.2 Å².